The molecule has 0 aromatic carbocycles. The molecule has 0 bridgehead atoms. The van der Waals surface area contributed by atoms with Gasteiger partial charge in [-0.2, -0.15) is 0 Å². The minimum atomic E-state index is -0.939. The van der Waals surface area contributed by atoms with Crippen LogP contribution in [0.4, 0.5) is 4.79 Å². The van der Waals surface area contributed by atoms with Crippen molar-refractivity contribution in [2.45, 2.75) is 37.8 Å². The van der Waals surface area contributed by atoms with Crippen molar-refractivity contribution >= 4 is 12.0 Å². The first-order chi connectivity index (χ1) is 9.63. The van der Waals surface area contributed by atoms with E-state index in [4.69, 9.17) is 14.9 Å². The van der Waals surface area contributed by atoms with Crippen LogP contribution in [-0.4, -0.2) is 65.6 Å². The highest BCUT2D eigenvalue weighted by atomic mass is 16.5. The number of amides is 2. The molecule has 20 heavy (non-hydrogen) atoms. The molecule has 2 aliphatic heterocycles. The molecule has 2 rings (SSSR count). The summed E-state index contributed by atoms with van der Waals surface area (Å²) in [4.78, 5) is 25.1. The molecule has 0 spiro atoms. The van der Waals surface area contributed by atoms with Crippen LogP contribution in [0.15, 0.2) is 0 Å². The van der Waals surface area contributed by atoms with Gasteiger partial charge in [0.15, 0.2) is 0 Å². The summed E-state index contributed by atoms with van der Waals surface area (Å²) in [5.41, 5.74) is 0. The number of hydrogen-bond acceptors (Lipinski definition) is 4. The van der Waals surface area contributed by atoms with Crippen LogP contribution < -0.4 is 5.32 Å². The van der Waals surface area contributed by atoms with Crippen LogP contribution in [0.25, 0.3) is 0 Å². The third-order valence-electron chi connectivity index (χ3n) is 4.04. The maximum absolute atomic E-state index is 12.2. The number of carbonyl (C=O) groups is 2. The summed E-state index contributed by atoms with van der Waals surface area (Å²) < 4.78 is 5.14. The van der Waals surface area contributed by atoms with E-state index in [9.17, 15) is 9.59 Å². The second-order valence-corrected chi connectivity index (χ2v) is 5.39. The van der Waals surface area contributed by atoms with Crippen LogP contribution >= 0.6 is 0 Å². The number of ether oxygens (including phenoxy) is 1. The van der Waals surface area contributed by atoms with Crippen molar-refractivity contribution < 1.29 is 24.5 Å². The van der Waals surface area contributed by atoms with Crippen LogP contribution in [-0.2, 0) is 9.53 Å². The molecule has 0 aliphatic carbocycles. The summed E-state index contributed by atoms with van der Waals surface area (Å²) in [6.07, 6.45) is 3.36. The molecular formula is C13H22N2O5. The van der Waals surface area contributed by atoms with Crippen LogP contribution in [0.5, 0.6) is 0 Å². The van der Waals surface area contributed by atoms with Gasteiger partial charge in [0, 0.05) is 19.2 Å². The molecule has 0 aromatic heterocycles. The molecule has 7 heteroatoms. The van der Waals surface area contributed by atoms with Gasteiger partial charge in [-0.15, -0.1) is 0 Å². The highest BCUT2D eigenvalue weighted by Crippen LogP contribution is 2.22. The number of nitrogens with one attached hydrogen (secondary N) is 1. The number of carboxylic acid groups (broad SMARTS) is 1. The number of carbonyl (C=O) groups excluding carboxylic acids is 1. The number of urea groups is 1. The van der Waals surface area contributed by atoms with E-state index in [1.54, 1.807) is 4.90 Å². The number of likely N-dealkylation sites (tertiary alicyclic amines) is 1. The third-order valence-corrected chi connectivity index (χ3v) is 4.04. The van der Waals surface area contributed by atoms with E-state index in [2.05, 4.69) is 5.32 Å². The van der Waals surface area contributed by atoms with Gasteiger partial charge in [0.25, 0.3) is 0 Å². The highest BCUT2D eigenvalue weighted by Gasteiger charge is 2.37. The fourth-order valence-electron chi connectivity index (χ4n) is 2.91. The standard InChI is InChI=1S/C13H22N2O5/c16-6-2-4-9-3-1-5-15(9)13(19)14-11-8-20-7-10(11)12(17)18/h9-11,16H,1-8H2,(H,14,19)(H,17,18). The molecule has 2 saturated heterocycles. The van der Waals surface area contributed by atoms with Crippen molar-refractivity contribution in [3.63, 3.8) is 0 Å². The lowest BCUT2D eigenvalue weighted by molar-refractivity contribution is -0.142. The Labute approximate surface area is 117 Å². The number of aliphatic hydroxyl groups is 1. The first-order valence-corrected chi connectivity index (χ1v) is 7.12. The summed E-state index contributed by atoms with van der Waals surface area (Å²) in [6, 6.07) is -0.529. The maximum atomic E-state index is 12.2. The number of rotatable bonds is 5. The zero-order valence-electron chi connectivity index (χ0n) is 11.5. The van der Waals surface area contributed by atoms with E-state index >= 15 is 0 Å². The summed E-state index contributed by atoms with van der Waals surface area (Å²) in [5.74, 6) is -1.61. The van der Waals surface area contributed by atoms with Crippen molar-refractivity contribution in [1.82, 2.24) is 10.2 Å². The van der Waals surface area contributed by atoms with E-state index in [1.807, 2.05) is 0 Å². The Hall–Kier alpha value is -1.34. The number of nitrogens with zero attached hydrogens (tertiary/aromatic N) is 1. The minimum absolute atomic E-state index is 0.128. The fourth-order valence-corrected chi connectivity index (χ4v) is 2.91. The Morgan fingerprint density at radius 1 is 1.35 bits per heavy atom. The molecule has 2 fully saturated rings. The van der Waals surface area contributed by atoms with Gasteiger partial charge in [0.05, 0.1) is 19.3 Å². The smallest absolute Gasteiger partial charge is 0.317 e. The van der Waals surface area contributed by atoms with E-state index < -0.39 is 17.9 Å². The van der Waals surface area contributed by atoms with Crippen molar-refractivity contribution in [3.8, 4) is 0 Å². The highest BCUT2D eigenvalue weighted by molar-refractivity contribution is 5.77. The van der Waals surface area contributed by atoms with E-state index in [0.29, 0.717) is 13.0 Å². The van der Waals surface area contributed by atoms with Crippen molar-refractivity contribution in [2.24, 2.45) is 5.92 Å². The molecule has 0 radical (unpaired) electrons. The maximum Gasteiger partial charge on any atom is 0.317 e. The topological polar surface area (TPSA) is 99.1 Å². The number of aliphatic hydroxyl groups excluding tert-OH is 1. The summed E-state index contributed by atoms with van der Waals surface area (Å²) >= 11 is 0. The fraction of sp³-hybridized carbons (Fsp3) is 0.846. The van der Waals surface area contributed by atoms with Gasteiger partial charge in [-0.05, 0) is 25.7 Å². The van der Waals surface area contributed by atoms with E-state index in [0.717, 1.165) is 19.3 Å². The molecule has 7 nitrogen and oxygen atoms in total. The second kappa shape index (κ2) is 6.90. The van der Waals surface area contributed by atoms with Gasteiger partial charge < -0.3 is 25.2 Å². The minimum Gasteiger partial charge on any atom is -0.481 e. The van der Waals surface area contributed by atoms with Gasteiger partial charge in [0.1, 0.15) is 5.92 Å². The second-order valence-electron chi connectivity index (χ2n) is 5.39. The number of carboxylic acids is 1. The molecule has 114 valence electrons. The predicted octanol–water partition coefficient (Wildman–Crippen LogP) is 0.0325. The Morgan fingerprint density at radius 3 is 2.85 bits per heavy atom. The van der Waals surface area contributed by atoms with E-state index in [-0.39, 0.29) is 31.9 Å². The Kier molecular flexibility index (Phi) is 5.19. The average Bonchev–Trinajstić information content (AvgIpc) is 3.04. The quantitative estimate of drug-likeness (QED) is 0.662. The predicted molar refractivity (Wildman–Crippen MR) is 70.3 cm³/mol. The Balaban J connectivity index is 1.88. The summed E-state index contributed by atoms with van der Waals surface area (Å²) in [5, 5.41) is 20.7. The molecule has 3 atom stereocenters. The summed E-state index contributed by atoms with van der Waals surface area (Å²) in [6.45, 7) is 1.21. The monoisotopic (exact) mass is 286 g/mol. The van der Waals surface area contributed by atoms with Crippen molar-refractivity contribution in [2.75, 3.05) is 26.4 Å². The Bertz CT molecular complexity index is 363. The molecule has 0 aromatic rings. The first kappa shape index (κ1) is 15.1. The average molecular weight is 286 g/mol. The van der Waals surface area contributed by atoms with Crippen molar-refractivity contribution in [1.29, 1.82) is 0 Å². The van der Waals surface area contributed by atoms with Crippen LogP contribution in [0.3, 0.4) is 0 Å². The van der Waals surface area contributed by atoms with Crippen LogP contribution in [0, 0.1) is 5.92 Å². The molecule has 3 N–H and O–H groups in total. The molecule has 2 aliphatic rings. The Morgan fingerprint density at radius 2 is 2.15 bits per heavy atom. The van der Waals surface area contributed by atoms with Crippen LogP contribution in [0.1, 0.15) is 25.7 Å². The van der Waals surface area contributed by atoms with Crippen LogP contribution in [0.2, 0.25) is 0 Å². The zero-order valence-corrected chi connectivity index (χ0v) is 11.5. The largest absolute Gasteiger partial charge is 0.481 e. The molecule has 2 heterocycles. The lowest BCUT2D eigenvalue weighted by Gasteiger charge is -2.27. The molecule has 3 unspecified atom stereocenters. The van der Waals surface area contributed by atoms with Crippen molar-refractivity contribution in [3.05, 3.63) is 0 Å². The molecule has 0 saturated carbocycles. The molecular weight excluding hydrogens is 264 g/mol. The number of hydrogen-bond donors (Lipinski definition) is 3. The third kappa shape index (κ3) is 3.40. The first-order valence-electron chi connectivity index (χ1n) is 7.12. The SMILES string of the molecule is O=C(O)C1COCC1NC(=O)N1CCCC1CCCO. The number of aliphatic carboxylic acids is 1. The lowest BCUT2D eigenvalue weighted by atomic mass is 10.0. The van der Waals surface area contributed by atoms with Gasteiger partial charge in [-0.3, -0.25) is 4.79 Å². The summed E-state index contributed by atoms with van der Waals surface area (Å²) in [7, 11) is 0. The zero-order chi connectivity index (χ0) is 14.5. The van der Waals surface area contributed by atoms with E-state index in [1.165, 1.54) is 0 Å². The van der Waals surface area contributed by atoms with Gasteiger partial charge in [-0.1, -0.05) is 0 Å². The van der Waals surface area contributed by atoms with Gasteiger partial charge in [-0.25, -0.2) is 4.79 Å². The van der Waals surface area contributed by atoms with Gasteiger partial charge >= 0.3 is 12.0 Å². The lowest BCUT2D eigenvalue weighted by Crippen LogP contribution is -2.50. The molecule has 2 amide bonds. The van der Waals surface area contributed by atoms with Gasteiger partial charge in [0.2, 0.25) is 0 Å². The normalized spacial score (nSPS) is 29.6.